The van der Waals surface area contributed by atoms with Gasteiger partial charge in [-0.2, -0.15) is 11.8 Å². The monoisotopic (exact) mass is 242 g/mol. The first-order valence-electron chi connectivity index (χ1n) is 6.24. The first-order chi connectivity index (χ1) is 7.63. The lowest BCUT2D eigenvalue weighted by molar-refractivity contribution is -0.123. The average molecular weight is 242 g/mol. The molecule has 4 heteroatoms. The van der Waals surface area contributed by atoms with Crippen molar-refractivity contribution >= 4 is 17.7 Å². The van der Waals surface area contributed by atoms with Crippen LogP contribution in [0.3, 0.4) is 0 Å². The predicted molar refractivity (Wildman–Crippen MR) is 68.5 cm³/mol. The minimum absolute atomic E-state index is 0.160. The van der Waals surface area contributed by atoms with Crippen LogP contribution >= 0.6 is 11.8 Å². The van der Waals surface area contributed by atoms with Crippen LogP contribution in [0.2, 0.25) is 0 Å². The number of rotatable bonds is 4. The Morgan fingerprint density at radius 2 is 2.19 bits per heavy atom. The summed E-state index contributed by atoms with van der Waals surface area (Å²) in [5.41, 5.74) is 5.90. The molecule has 0 aromatic carbocycles. The zero-order chi connectivity index (χ0) is 11.6. The number of nitrogens with one attached hydrogen (secondary N) is 1. The Hall–Kier alpha value is -0.220. The zero-order valence-electron chi connectivity index (χ0n) is 10.00. The van der Waals surface area contributed by atoms with Crippen molar-refractivity contribution in [1.29, 1.82) is 0 Å². The van der Waals surface area contributed by atoms with Gasteiger partial charge in [0.15, 0.2) is 0 Å². The van der Waals surface area contributed by atoms with Crippen LogP contribution in [0.1, 0.15) is 44.9 Å². The molecule has 0 aliphatic heterocycles. The molecule has 0 aromatic heterocycles. The first-order valence-corrected chi connectivity index (χ1v) is 7.53. The van der Waals surface area contributed by atoms with Crippen LogP contribution in [0.4, 0.5) is 0 Å². The smallest absolute Gasteiger partial charge is 0.222 e. The summed E-state index contributed by atoms with van der Waals surface area (Å²) in [6.45, 7) is 0. The highest BCUT2D eigenvalue weighted by molar-refractivity contribution is 7.99. The molecule has 2 aliphatic carbocycles. The third-order valence-corrected chi connectivity index (χ3v) is 5.13. The highest BCUT2D eigenvalue weighted by Gasteiger charge is 2.36. The molecule has 0 radical (unpaired) electrons. The van der Waals surface area contributed by atoms with Gasteiger partial charge in [-0.3, -0.25) is 4.79 Å². The number of carbonyl (C=O) groups excluding carboxylic acids is 1. The van der Waals surface area contributed by atoms with Crippen molar-refractivity contribution in [1.82, 2.24) is 5.32 Å². The summed E-state index contributed by atoms with van der Waals surface area (Å²) in [7, 11) is 0. The van der Waals surface area contributed by atoms with Crippen molar-refractivity contribution in [2.45, 2.75) is 61.8 Å². The largest absolute Gasteiger partial charge is 0.352 e. The molecule has 2 unspecified atom stereocenters. The average Bonchev–Trinajstić information content (AvgIpc) is 2.62. The van der Waals surface area contributed by atoms with Crippen molar-refractivity contribution in [3.05, 3.63) is 0 Å². The van der Waals surface area contributed by atoms with Crippen molar-refractivity contribution in [3.63, 3.8) is 0 Å². The van der Waals surface area contributed by atoms with E-state index in [1.807, 2.05) is 11.8 Å². The maximum absolute atomic E-state index is 11.9. The predicted octanol–water partition coefficient (Wildman–Crippen LogP) is 1.66. The third kappa shape index (κ3) is 2.72. The maximum atomic E-state index is 11.9. The summed E-state index contributed by atoms with van der Waals surface area (Å²) in [5.74, 6) is 0.160. The van der Waals surface area contributed by atoms with E-state index in [-0.39, 0.29) is 11.4 Å². The molecular formula is C12H22N2OS. The van der Waals surface area contributed by atoms with Gasteiger partial charge < -0.3 is 11.1 Å². The number of nitrogens with two attached hydrogens (primary N) is 1. The van der Waals surface area contributed by atoms with Crippen LogP contribution in [0.25, 0.3) is 0 Å². The SMILES string of the molecule is CSC1CCCC1NC(=O)CC1(N)CCC1. The Balaban J connectivity index is 1.78. The summed E-state index contributed by atoms with van der Waals surface area (Å²) < 4.78 is 0. The Kier molecular flexibility index (Phi) is 3.80. The normalized spacial score (nSPS) is 32.1. The van der Waals surface area contributed by atoms with Crippen LogP contribution in [0.5, 0.6) is 0 Å². The van der Waals surface area contributed by atoms with Gasteiger partial charge in [-0.15, -0.1) is 0 Å². The Bertz CT molecular complexity index is 266. The summed E-state index contributed by atoms with van der Waals surface area (Å²) >= 11 is 1.87. The Morgan fingerprint density at radius 1 is 1.44 bits per heavy atom. The lowest BCUT2D eigenvalue weighted by Crippen LogP contribution is -2.51. The van der Waals surface area contributed by atoms with E-state index in [4.69, 9.17) is 5.73 Å². The van der Waals surface area contributed by atoms with Crippen LogP contribution < -0.4 is 11.1 Å². The van der Waals surface area contributed by atoms with Gasteiger partial charge in [-0.1, -0.05) is 6.42 Å². The second-order valence-electron chi connectivity index (χ2n) is 5.27. The van der Waals surface area contributed by atoms with E-state index in [2.05, 4.69) is 11.6 Å². The summed E-state index contributed by atoms with van der Waals surface area (Å²) in [6.07, 6.45) is 9.46. The number of hydrogen-bond donors (Lipinski definition) is 2. The molecule has 1 amide bonds. The van der Waals surface area contributed by atoms with E-state index in [9.17, 15) is 4.79 Å². The van der Waals surface area contributed by atoms with E-state index in [0.29, 0.717) is 17.7 Å². The second kappa shape index (κ2) is 4.96. The highest BCUT2D eigenvalue weighted by atomic mass is 32.2. The second-order valence-corrected chi connectivity index (χ2v) is 6.35. The van der Waals surface area contributed by atoms with Crippen LogP contribution in [0, 0.1) is 0 Å². The maximum Gasteiger partial charge on any atom is 0.222 e. The van der Waals surface area contributed by atoms with E-state index in [1.54, 1.807) is 0 Å². The lowest BCUT2D eigenvalue weighted by atomic mass is 9.75. The molecule has 3 N–H and O–H groups in total. The molecule has 92 valence electrons. The zero-order valence-corrected chi connectivity index (χ0v) is 10.8. The fourth-order valence-electron chi connectivity index (χ4n) is 2.76. The molecule has 0 saturated heterocycles. The topological polar surface area (TPSA) is 55.1 Å². The van der Waals surface area contributed by atoms with Crippen molar-refractivity contribution in [2.24, 2.45) is 5.73 Å². The van der Waals surface area contributed by atoms with Gasteiger partial charge in [0.1, 0.15) is 0 Å². The van der Waals surface area contributed by atoms with Crippen molar-refractivity contribution in [3.8, 4) is 0 Å². The fraction of sp³-hybridized carbons (Fsp3) is 0.917. The number of carbonyl (C=O) groups is 1. The highest BCUT2D eigenvalue weighted by Crippen LogP contribution is 2.33. The van der Waals surface area contributed by atoms with E-state index < -0.39 is 0 Å². The minimum atomic E-state index is -0.183. The van der Waals surface area contributed by atoms with Gasteiger partial charge in [0.05, 0.1) is 0 Å². The molecule has 2 fully saturated rings. The molecule has 2 aliphatic rings. The van der Waals surface area contributed by atoms with Gasteiger partial charge in [-0.05, 0) is 38.4 Å². The van der Waals surface area contributed by atoms with E-state index >= 15 is 0 Å². The van der Waals surface area contributed by atoms with Crippen LogP contribution in [-0.2, 0) is 4.79 Å². The quantitative estimate of drug-likeness (QED) is 0.788. The third-order valence-electron chi connectivity index (χ3n) is 3.96. The minimum Gasteiger partial charge on any atom is -0.352 e. The molecule has 2 rings (SSSR count). The van der Waals surface area contributed by atoms with Crippen molar-refractivity contribution < 1.29 is 4.79 Å². The molecule has 16 heavy (non-hydrogen) atoms. The lowest BCUT2D eigenvalue weighted by Gasteiger charge is -2.37. The molecule has 0 bridgehead atoms. The van der Waals surface area contributed by atoms with Gasteiger partial charge >= 0.3 is 0 Å². The number of thioether (sulfide) groups is 1. The number of hydrogen-bond acceptors (Lipinski definition) is 3. The van der Waals surface area contributed by atoms with Crippen LogP contribution in [-0.4, -0.2) is 29.0 Å². The van der Waals surface area contributed by atoms with Gasteiger partial charge in [0, 0.05) is 23.3 Å². The summed E-state index contributed by atoms with van der Waals surface area (Å²) in [6, 6.07) is 0.381. The van der Waals surface area contributed by atoms with E-state index in [1.165, 1.54) is 19.3 Å². The Morgan fingerprint density at radius 3 is 2.75 bits per heavy atom. The van der Waals surface area contributed by atoms with Gasteiger partial charge in [-0.25, -0.2) is 0 Å². The molecule has 0 heterocycles. The summed E-state index contributed by atoms with van der Waals surface area (Å²) in [5, 5.41) is 3.77. The van der Waals surface area contributed by atoms with Gasteiger partial charge in [0.25, 0.3) is 0 Å². The fourth-order valence-corrected chi connectivity index (χ4v) is 3.69. The molecule has 0 spiro atoms. The molecule has 0 aromatic rings. The van der Waals surface area contributed by atoms with E-state index in [0.717, 1.165) is 19.3 Å². The molecular weight excluding hydrogens is 220 g/mol. The van der Waals surface area contributed by atoms with Crippen molar-refractivity contribution in [2.75, 3.05) is 6.26 Å². The van der Waals surface area contributed by atoms with Gasteiger partial charge in [0.2, 0.25) is 5.91 Å². The molecule has 2 atom stereocenters. The Labute approximate surface area is 102 Å². The van der Waals surface area contributed by atoms with Crippen LogP contribution in [0.15, 0.2) is 0 Å². The number of amides is 1. The molecule has 3 nitrogen and oxygen atoms in total. The molecule has 2 saturated carbocycles. The first kappa shape index (κ1) is 12.2. The summed E-state index contributed by atoms with van der Waals surface area (Å²) in [4.78, 5) is 11.9. The standard InChI is InChI=1S/C12H22N2OS/c1-16-10-5-2-4-9(10)14-11(15)8-12(13)6-3-7-12/h9-10H,2-8,13H2,1H3,(H,14,15).